The summed E-state index contributed by atoms with van der Waals surface area (Å²) < 4.78 is 0. The Labute approximate surface area is 119 Å². The molecule has 2 heteroatoms. The Hall–Kier alpha value is -0.460. The van der Waals surface area contributed by atoms with E-state index in [1.165, 1.54) is 43.2 Å². The zero-order valence-corrected chi connectivity index (χ0v) is 12.2. The Bertz CT molecular complexity index is 504. The van der Waals surface area contributed by atoms with Crippen LogP contribution in [0.15, 0.2) is 24.3 Å². The van der Waals surface area contributed by atoms with Gasteiger partial charge in [-0.1, -0.05) is 54.8 Å². The van der Waals surface area contributed by atoms with Crippen LogP contribution in [0.3, 0.4) is 0 Å². The number of halogens is 2. The highest BCUT2D eigenvalue weighted by molar-refractivity contribution is 6.42. The molecule has 2 atom stereocenters. The number of fused-ring (bicyclic) bond motifs is 3. The molecule has 0 saturated heterocycles. The van der Waals surface area contributed by atoms with Crippen LogP contribution in [0.5, 0.6) is 0 Å². The number of hydrogen-bond acceptors (Lipinski definition) is 0. The van der Waals surface area contributed by atoms with Gasteiger partial charge in [-0.2, -0.15) is 0 Å². The average molecular weight is 281 g/mol. The molecule has 0 nitrogen and oxygen atoms in total. The van der Waals surface area contributed by atoms with Gasteiger partial charge >= 0.3 is 0 Å². The molecule has 0 amide bonds. The van der Waals surface area contributed by atoms with Gasteiger partial charge in [-0.15, -0.1) is 0 Å². The van der Waals surface area contributed by atoms with Gasteiger partial charge in [0.15, 0.2) is 0 Å². The van der Waals surface area contributed by atoms with E-state index in [0.29, 0.717) is 16.4 Å². The van der Waals surface area contributed by atoms with Crippen LogP contribution in [0, 0.1) is 5.41 Å². The molecule has 0 heterocycles. The fourth-order valence-corrected chi connectivity index (χ4v) is 4.37. The topological polar surface area (TPSA) is 0 Å². The Balaban J connectivity index is 2.13. The Morgan fingerprint density at radius 3 is 2.94 bits per heavy atom. The van der Waals surface area contributed by atoms with Crippen LogP contribution in [-0.4, -0.2) is 0 Å². The molecule has 18 heavy (non-hydrogen) atoms. The molecule has 0 radical (unpaired) electrons. The van der Waals surface area contributed by atoms with Crippen molar-refractivity contribution in [3.8, 4) is 0 Å². The highest BCUT2D eigenvalue weighted by Gasteiger charge is 2.45. The van der Waals surface area contributed by atoms with Crippen LogP contribution in [0.4, 0.5) is 0 Å². The largest absolute Gasteiger partial charge is 0.0879 e. The van der Waals surface area contributed by atoms with Gasteiger partial charge in [-0.25, -0.2) is 0 Å². The van der Waals surface area contributed by atoms with E-state index >= 15 is 0 Å². The molecular formula is C16H18Cl2. The van der Waals surface area contributed by atoms with Crippen molar-refractivity contribution in [2.45, 2.75) is 44.9 Å². The molecule has 0 bridgehead atoms. The molecular weight excluding hydrogens is 263 g/mol. The summed E-state index contributed by atoms with van der Waals surface area (Å²) in [6.07, 6.45) is 10.9. The van der Waals surface area contributed by atoms with Gasteiger partial charge in [0, 0.05) is 5.92 Å². The van der Waals surface area contributed by atoms with Crippen LogP contribution in [0.25, 0.3) is 0 Å². The van der Waals surface area contributed by atoms with Gasteiger partial charge in [-0.05, 0) is 48.3 Å². The summed E-state index contributed by atoms with van der Waals surface area (Å²) in [5.74, 6) is 0.479. The van der Waals surface area contributed by atoms with E-state index in [-0.39, 0.29) is 0 Å². The number of allylic oxidation sites excluding steroid dienone is 2. The smallest absolute Gasteiger partial charge is 0.0633 e. The number of hydrogen-bond donors (Lipinski definition) is 0. The van der Waals surface area contributed by atoms with Crippen LogP contribution >= 0.6 is 23.2 Å². The first-order chi connectivity index (χ1) is 8.68. The molecule has 0 aromatic heterocycles. The van der Waals surface area contributed by atoms with E-state index in [1.807, 2.05) is 6.07 Å². The van der Waals surface area contributed by atoms with Gasteiger partial charge in [0.1, 0.15) is 0 Å². The summed E-state index contributed by atoms with van der Waals surface area (Å²) in [5, 5.41) is 1.48. The molecule has 3 rings (SSSR count). The highest BCUT2D eigenvalue weighted by Crippen LogP contribution is 2.57. The van der Waals surface area contributed by atoms with E-state index in [4.69, 9.17) is 23.2 Å². The summed E-state index contributed by atoms with van der Waals surface area (Å²) in [6, 6.07) is 4.12. The summed E-state index contributed by atoms with van der Waals surface area (Å²) >= 11 is 12.6. The molecule has 96 valence electrons. The van der Waals surface area contributed by atoms with Crippen LogP contribution in [-0.2, 0) is 6.42 Å². The van der Waals surface area contributed by atoms with Crippen molar-refractivity contribution in [1.82, 2.24) is 0 Å². The first kappa shape index (κ1) is 12.6. The third kappa shape index (κ3) is 1.73. The summed E-state index contributed by atoms with van der Waals surface area (Å²) in [6.45, 7) is 2.28. The maximum atomic E-state index is 6.45. The van der Waals surface area contributed by atoms with Crippen molar-refractivity contribution >= 4 is 23.2 Å². The molecule has 2 aliphatic rings. The zero-order chi connectivity index (χ0) is 12.8. The second-order valence-corrected chi connectivity index (χ2v) is 6.45. The minimum atomic E-state index is 0.403. The number of rotatable bonds is 2. The highest BCUT2D eigenvalue weighted by atomic mass is 35.5. The van der Waals surface area contributed by atoms with Crippen molar-refractivity contribution in [3.05, 3.63) is 45.5 Å². The van der Waals surface area contributed by atoms with Gasteiger partial charge in [-0.3, -0.25) is 0 Å². The fraction of sp³-hybridized carbons (Fsp3) is 0.500. The quantitative estimate of drug-likeness (QED) is 0.604. The molecule has 1 aromatic rings. The standard InChI is InChI=1S/C16H18Cl2/c1-2-8-16-9-4-3-5-12(16)14-11(10-16)6-7-13(17)15(14)18/h3,5-7,12H,2,4,8-10H2,1H3. The van der Waals surface area contributed by atoms with E-state index in [1.54, 1.807) is 0 Å². The first-order valence-electron chi connectivity index (χ1n) is 6.81. The van der Waals surface area contributed by atoms with Crippen molar-refractivity contribution < 1.29 is 0 Å². The third-order valence-electron chi connectivity index (χ3n) is 4.62. The summed E-state index contributed by atoms with van der Waals surface area (Å²) in [7, 11) is 0. The van der Waals surface area contributed by atoms with E-state index in [2.05, 4.69) is 25.1 Å². The van der Waals surface area contributed by atoms with Crippen LogP contribution in [0.1, 0.15) is 49.7 Å². The van der Waals surface area contributed by atoms with Gasteiger partial charge < -0.3 is 0 Å². The summed E-state index contributed by atoms with van der Waals surface area (Å²) in [4.78, 5) is 0. The molecule has 0 saturated carbocycles. The predicted molar refractivity (Wildman–Crippen MR) is 78.6 cm³/mol. The van der Waals surface area contributed by atoms with Crippen molar-refractivity contribution in [3.63, 3.8) is 0 Å². The average Bonchev–Trinajstić information content (AvgIpc) is 2.69. The van der Waals surface area contributed by atoms with E-state index < -0.39 is 0 Å². The lowest BCUT2D eigenvalue weighted by Crippen LogP contribution is -2.27. The molecule has 0 aliphatic heterocycles. The van der Waals surface area contributed by atoms with E-state index in [0.717, 1.165) is 5.02 Å². The lowest BCUT2D eigenvalue weighted by atomic mass is 9.67. The van der Waals surface area contributed by atoms with Crippen molar-refractivity contribution in [1.29, 1.82) is 0 Å². The van der Waals surface area contributed by atoms with Crippen molar-refractivity contribution in [2.24, 2.45) is 5.41 Å². The lowest BCUT2D eigenvalue weighted by Gasteiger charge is -2.37. The monoisotopic (exact) mass is 280 g/mol. The predicted octanol–water partition coefficient (Wildman–Crippen LogP) is 5.77. The molecule has 0 N–H and O–H groups in total. The second-order valence-electron chi connectivity index (χ2n) is 5.67. The fourth-order valence-electron chi connectivity index (χ4n) is 3.91. The first-order valence-corrected chi connectivity index (χ1v) is 7.57. The Morgan fingerprint density at radius 1 is 1.33 bits per heavy atom. The zero-order valence-electron chi connectivity index (χ0n) is 10.7. The molecule has 0 fully saturated rings. The van der Waals surface area contributed by atoms with E-state index in [9.17, 15) is 0 Å². The molecule has 0 spiro atoms. The SMILES string of the molecule is CCCC12CCC=CC1c1c(ccc(Cl)c1Cl)C2. The van der Waals surface area contributed by atoms with Gasteiger partial charge in [0.25, 0.3) is 0 Å². The summed E-state index contributed by atoms with van der Waals surface area (Å²) in [5.41, 5.74) is 3.11. The van der Waals surface area contributed by atoms with Gasteiger partial charge in [0.2, 0.25) is 0 Å². The van der Waals surface area contributed by atoms with Crippen LogP contribution in [0.2, 0.25) is 10.0 Å². The molecule has 2 unspecified atom stereocenters. The van der Waals surface area contributed by atoms with Crippen molar-refractivity contribution in [2.75, 3.05) is 0 Å². The molecule has 1 aromatic carbocycles. The molecule has 2 aliphatic carbocycles. The normalized spacial score (nSPS) is 29.2. The van der Waals surface area contributed by atoms with Gasteiger partial charge in [0.05, 0.1) is 10.0 Å². The Kier molecular flexibility index (Phi) is 3.20. The lowest BCUT2D eigenvalue weighted by molar-refractivity contribution is 0.219. The van der Waals surface area contributed by atoms with Crippen LogP contribution < -0.4 is 0 Å². The maximum absolute atomic E-state index is 6.45. The third-order valence-corrected chi connectivity index (χ3v) is 5.44. The minimum absolute atomic E-state index is 0.403. The Morgan fingerprint density at radius 2 is 2.17 bits per heavy atom. The second kappa shape index (κ2) is 4.58. The number of benzene rings is 1. The minimum Gasteiger partial charge on any atom is -0.0879 e. The maximum Gasteiger partial charge on any atom is 0.0633 e.